The van der Waals surface area contributed by atoms with Crippen molar-refractivity contribution in [3.8, 4) is 32.3 Å². The van der Waals surface area contributed by atoms with Gasteiger partial charge in [-0.25, -0.2) is 19.6 Å². The highest BCUT2D eigenvalue weighted by molar-refractivity contribution is 8.08. The Hall–Kier alpha value is -3.77. The van der Waals surface area contributed by atoms with Crippen molar-refractivity contribution >= 4 is 35.3 Å². The first-order valence-electron chi connectivity index (χ1n) is 16.3. The van der Waals surface area contributed by atoms with Crippen LogP contribution >= 0.6 is 23.1 Å². The number of likely N-dealkylation sites (tertiary alicyclic amines) is 2. The lowest BCUT2D eigenvalue weighted by atomic mass is 9.97. The van der Waals surface area contributed by atoms with E-state index in [1.807, 2.05) is 58.8 Å². The Morgan fingerprint density at radius 3 is 2.17 bits per heavy atom. The summed E-state index contributed by atoms with van der Waals surface area (Å²) in [5.74, 6) is 1.72. The minimum Gasteiger partial charge on any atom is -0.444 e. The van der Waals surface area contributed by atoms with Crippen LogP contribution in [0.25, 0.3) is 32.3 Å². The quantitative estimate of drug-likeness (QED) is 0.204. The highest BCUT2D eigenvalue weighted by atomic mass is 32.2. The summed E-state index contributed by atoms with van der Waals surface area (Å²) in [4.78, 5) is 48.0. The van der Waals surface area contributed by atoms with Gasteiger partial charge in [-0.05, 0) is 90.5 Å². The molecular weight excluding hydrogens is 633 g/mol. The van der Waals surface area contributed by atoms with Crippen molar-refractivity contribution in [3.63, 3.8) is 0 Å². The maximum absolute atomic E-state index is 12.8. The summed E-state index contributed by atoms with van der Waals surface area (Å²) in [5.41, 5.74) is 3.05. The summed E-state index contributed by atoms with van der Waals surface area (Å²) in [6.45, 7) is 12.7. The maximum Gasteiger partial charge on any atom is 0.411 e. The minimum atomic E-state index is -0.535. The van der Waals surface area contributed by atoms with Crippen LogP contribution in [0.2, 0.25) is 0 Å². The summed E-state index contributed by atoms with van der Waals surface area (Å²) in [6.07, 6.45) is 6.90. The lowest BCUT2D eigenvalue weighted by molar-refractivity contribution is 0.0185. The van der Waals surface area contributed by atoms with Gasteiger partial charge < -0.3 is 19.4 Å². The standard InChI is InChI=1S/C35H42N6O4S2/c1-33(2,3)44-31(42)40-17-7-9-25(40)28-36-20-24(38-28)27-15-14-26(46-27)22-12-10-21(11-13-22)23-19-37-29(39-23)35-16-8-18-41(30(35)47-35)32(43)45-34(4,5)6/h10-15,19-20,25,30H,7-9,16-18H2,1-6H3,(H,36,38)(H,37,39). The Bertz CT molecular complexity index is 1780. The molecule has 3 fully saturated rings. The van der Waals surface area contributed by atoms with Gasteiger partial charge in [0.25, 0.3) is 0 Å². The van der Waals surface area contributed by atoms with Crippen LogP contribution in [-0.2, 0) is 14.2 Å². The van der Waals surface area contributed by atoms with Gasteiger partial charge in [0, 0.05) is 18.0 Å². The van der Waals surface area contributed by atoms with E-state index < -0.39 is 11.2 Å². The maximum atomic E-state index is 12.8. The lowest BCUT2D eigenvalue weighted by Crippen LogP contribution is -2.44. The van der Waals surface area contributed by atoms with Crippen LogP contribution < -0.4 is 0 Å². The number of piperidine rings is 1. The van der Waals surface area contributed by atoms with Gasteiger partial charge in [0.15, 0.2) is 0 Å². The number of thiophene rings is 1. The third-order valence-corrected chi connectivity index (χ3v) is 11.5. The average Bonchev–Trinajstić information content (AvgIpc) is 3.61. The van der Waals surface area contributed by atoms with Gasteiger partial charge in [-0.2, -0.15) is 0 Å². The number of aromatic nitrogens is 4. The molecule has 0 spiro atoms. The van der Waals surface area contributed by atoms with E-state index in [0.29, 0.717) is 13.1 Å². The van der Waals surface area contributed by atoms with E-state index in [1.165, 1.54) is 0 Å². The number of rotatable bonds is 5. The molecule has 3 aromatic heterocycles. The molecule has 0 saturated carbocycles. The number of carbonyl (C=O) groups excluding carboxylic acids is 2. The van der Waals surface area contributed by atoms with Crippen LogP contribution in [0.5, 0.6) is 0 Å². The molecule has 47 heavy (non-hydrogen) atoms. The van der Waals surface area contributed by atoms with E-state index in [-0.39, 0.29) is 28.3 Å². The molecule has 3 aliphatic rings. The molecule has 12 heteroatoms. The molecule has 0 bridgehead atoms. The lowest BCUT2D eigenvalue weighted by Gasteiger charge is -2.31. The first-order valence-corrected chi connectivity index (χ1v) is 18.0. The molecule has 3 saturated heterocycles. The molecule has 0 radical (unpaired) electrons. The summed E-state index contributed by atoms with van der Waals surface area (Å²) in [6, 6.07) is 12.6. The number of hydrogen-bond donors (Lipinski definition) is 2. The number of aromatic amines is 2. The molecule has 3 unspecified atom stereocenters. The second-order valence-electron chi connectivity index (χ2n) is 14.5. The Labute approximate surface area is 283 Å². The molecule has 10 nitrogen and oxygen atoms in total. The highest BCUT2D eigenvalue weighted by Crippen LogP contribution is 2.66. The number of H-pyrrole nitrogens is 2. The largest absolute Gasteiger partial charge is 0.444 e. The van der Waals surface area contributed by atoms with Gasteiger partial charge in [-0.3, -0.25) is 9.80 Å². The second-order valence-corrected chi connectivity index (χ2v) is 17.0. The van der Waals surface area contributed by atoms with Crippen molar-refractivity contribution in [2.45, 2.75) is 94.6 Å². The fourth-order valence-electron chi connectivity index (χ4n) is 6.45. The van der Waals surface area contributed by atoms with Crippen LogP contribution in [0.4, 0.5) is 9.59 Å². The summed E-state index contributed by atoms with van der Waals surface area (Å²) < 4.78 is 11.1. The zero-order chi connectivity index (χ0) is 33.1. The third kappa shape index (κ3) is 6.41. The van der Waals surface area contributed by atoms with E-state index in [0.717, 1.165) is 69.6 Å². The van der Waals surface area contributed by atoms with E-state index in [9.17, 15) is 9.59 Å². The fraction of sp³-hybridized carbons (Fsp3) is 0.486. The fourth-order valence-corrected chi connectivity index (χ4v) is 8.91. The zero-order valence-corrected chi connectivity index (χ0v) is 29.4. The normalized spacial score (nSPS) is 22.7. The Morgan fingerprint density at radius 2 is 1.45 bits per heavy atom. The molecule has 2 amide bonds. The van der Waals surface area contributed by atoms with Crippen molar-refractivity contribution in [3.05, 3.63) is 60.4 Å². The van der Waals surface area contributed by atoms with Gasteiger partial charge in [0.1, 0.15) is 33.0 Å². The molecular formula is C35H42N6O4S2. The molecule has 0 aliphatic carbocycles. The molecule has 7 rings (SSSR count). The number of hydrogen-bond acceptors (Lipinski definition) is 8. The summed E-state index contributed by atoms with van der Waals surface area (Å²) >= 11 is 3.49. The second kappa shape index (κ2) is 11.7. The van der Waals surface area contributed by atoms with Crippen molar-refractivity contribution in [1.82, 2.24) is 29.7 Å². The number of fused-ring (bicyclic) bond motifs is 1. The zero-order valence-electron chi connectivity index (χ0n) is 27.8. The number of benzene rings is 1. The number of nitrogens with one attached hydrogen (secondary N) is 2. The number of imidazole rings is 2. The molecule has 248 valence electrons. The van der Waals surface area contributed by atoms with Crippen molar-refractivity contribution < 1.29 is 19.1 Å². The van der Waals surface area contributed by atoms with Crippen molar-refractivity contribution in [2.75, 3.05) is 13.1 Å². The molecule has 6 heterocycles. The molecule has 4 aromatic rings. The Morgan fingerprint density at radius 1 is 0.809 bits per heavy atom. The molecule has 3 aliphatic heterocycles. The minimum absolute atomic E-state index is 0.0496. The predicted octanol–water partition coefficient (Wildman–Crippen LogP) is 8.57. The Kier molecular flexibility index (Phi) is 7.94. The number of amides is 2. The average molecular weight is 675 g/mol. The molecule has 1 aromatic carbocycles. The van der Waals surface area contributed by atoms with Crippen LogP contribution in [0, 0.1) is 0 Å². The van der Waals surface area contributed by atoms with Crippen molar-refractivity contribution in [2.24, 2.45) is 0 Å². The van der Waals surface area contributed by atoms with Crippen LogP contribution in [-0.4, -0.2) is 71.6 Å². The van der Waals surface area contributed by atoms with Crippen LogP contribution in [0.3, 0.4) is 0 Å². The van der Waals surface area contributed by atoms with Crippen molar-refractivity contribution in [1.29, 1.82) is 0 Å². The molecule has 2 N–H and O–H groups in total. The SMILES string of the molecule is CC(C)(C)OC(=O)N1CCCC1c1ncc(-c2ccc(-c3ccc(-c4cnc(C56CCCN(C(=O)OC(C)(C)C)C5S6)[nH]4)cc3)s2)[nH]1. The number of nitrogens with zero attached hydrogens (tertiary/aromatic N) is 4. The van der Waals surface area contributed by atoms with Gasteiger partial charge >= 0.3 is 12.2 Å². The Balaban J connectivity index is 1.02. The van der Waals surface area contributed by atoms with E-state index in [4.69, 9.17) is 14.5 Å². The number of thioether (sulfide) groups is 1. The highest BCUT2D eigenvalue weighted by Gasteiger charge is 2.64. The smallest absolute Gasteiger partial charge is 0.411 e. The van der Waals surface area contributed by atoms with Gasteiger partial charge in [-0.15, -0.1) is 23.1 Å². The van der Waals surface area contributed by atoms with Crippen LogP contribution in [0.15, 0.2) is 48.8 Å². The van der Waals surface area contributed by atoms with E-state index in [1.54, 1.807) is 28.0 Å². The van der Waals surface area contributed by atoms with Gasteiger partial charge in [0.05, 0.1) is 34.7 Å². The third-order valence-electron chi connectivity index (χ3n) is 8.64. The monoisotopic (exact) mass is 674 g/mol. The first-order chi connectivity index (χ1) is 22.3. The topological polar surface area (TPSA) is 116 Å². The number of carbonyl (C=O) groups is 2. The van der Waals surface area contributed by atoms with Crippen LogP contribution in [0.1, 0.15) is 84.9 Å². The van der Waals surface area contributed by atoms with E-state index >= 15 is 0 Å². The summed E-state index contributed by atoms with van der Waals surface area (Å²) in [7, 11) is 0. The van der Waals surface area contributed by atoms with Gasteiger partial charge in [0.2, 0.25) is 0 Å². The molecule has 3 atom stereocenters. The summed E-state index contributed by atoms with van der Waals surface area (Å²) in [5, 5.41) is 0.0496. The predicted molar refractivity (Wildman–Crippen MR) is 185 cm³/mol. The number of ether oxygens (including phenoxy) is 2. The van der Waals surface area contributed by atoms with E-state index in [2.05, 4.69) is 51.4 Å². The first kappa shape index (κ1) is 31.8. The van der Waals surface area contributed by atoms with Gasteiger partial charge in [-0.1, -0.05) is 24.3 Å².